The fourth-order valence-corrected chi connectivity index (χ4v) is 2.96. The molecule has 164 valence electrons. The summed E-state index contributed by atoms with van der Waals surface area (Å²) in [5.74, 6) is -1.79. The van der Waals surface area contributed by atoms with Crippen LogP contribution in [0.25, 0.3) is 0 Å². The van der Waals surface area contributed by atoms with Crippen molar-refractivity contribution in [2.45, 2.75) is 71.1 Å². The number of nitrogens with two attached hydrogens (primary N) is 1. The second kappa shape index (κ2) is 9.13. The highest BCUT2D eigenvalue weighted by Gasteiger charge is 2.33. The third-order valence-corrected chi connectivity index (χ3v) is 3.97. The summed E-state index contributed by atoms with van der Waals surface area (Å²) in [4.78, 5) is 24.9. The summed E-state index contributed by atoms with van der Waals surface area (Å²) in [7, 11) is -3.67. The van der Waals surface area contributed by atoms with Gasteiger partial charge in [0.25, 0.3) is 0 Å². The highest BCUT2D eigenvalue weighted by Crippen LogP contribution is 2.28. The first-order valence-corrected chi connectivity index (χ1v) is 11.0. The summed E-state index contributed by atoms with van der Waals surface area (Å²) in [6.07, 6.45) is 0.786. The molecular weight excluding hydrogens is 398 g/mol. The molecule has 0 aliphatic rings. The maximum absolute atomic E-state index is 12.5. The summed E-state index contributed by atoms with van der Waals surface area (Å²) in [5, 5.41) is 0. The van der Waals surface area contributed by atoms with Crippen LogP contribution < -0.4 is 9.92 Å². The van der Waals surface area contributed by atoms with Crippen molar-refractivity contribution in [3.63, 3.8) is 0 Å². The summed E-state index contributed by atoms with van der Waals surface area (Å²) in [5.41, 5.74) is 5.27. The molecule has 1 rings (SSSR count). The molecule has 0 saturated heterocycles. The van der Waals surface area contributed by atoms with Crippen LogP contribution in [0.1, 0.15) is 59.4 Å². The predicted octanol–water partition coefficient (Wildman–Crippen LogP) is 2.51. The minimum atomic E-state index is -3.67. The second-order valence-corrected chi connectivity index (χ2v) is 10.4. The Bertz CT molecular complexity index is 818. The summed E-state index contributed by atoms with van der Waals surface area (Å²) in [6.45, 7) is 10.4. The normalized spacial score (nSPS) is 14.6. The van der Waals surface area contributed by atoms with Crippen molar-refractivity contribution in [3.8, 4) is 5.75 Å². The number of rotatable bonds is 7. The zero-order valence-corrected chi connectivity index (χ0v) is 18.8. The first kappa shape index (κ1) is 24.9. The molecule has 2 unspecified atom stereocenters. The molecule has 29 heavy (non-hydrogen) atoms. The molecule has 2 atom stereocenters. The van der Waals surface area contributed by atoms with Gasteiger partial charge in [-0.2, -0.15) is 8.42 Å². The lowest BCUT2D eigenvalue weighted by molar-refractivity contribution is -0.158. The minimum absolute atomic E-state index is 0.109. The minimum Gasteiger partial charge on any atom is -0.460 e. The largest absolute Gasteiger partial charge is 0.460 e. The average Bonchev–Trinajstić information content (AvgIpc) is 2.48. The first-order chi connectivity index (χ1) is 13.0. The Kier molecular flexibility index (Phi) is 7.84. The van der Waals surface area contributed by atoms with Crippen molar-refractivity contribution in [1.82, 2.24) is 0 Å². The summed E-state index contributed by atoms with van der Waals surface area (Å²) in [6, 6.07) is 4.85. The zero-order chi connectivity index (χ0) is 22.6. The molecule has 2 N–H and O–H groups in total. The van der Waals surface area contributed by atoms with E-state index in [0.29, 0.717) is 5.56 Å². The average molecular weight is 430 g/mol. The molecule has 0 spiro atoms. The number of esters is 2. The monoisotopic (exact) mass is 429 g/mol. The molecule has 0 heterocycles. The van der Waals surface area contributed by atoms with Crippen LogP contribution in [0.15, 0.2) is 24.3 Å². The molecule has 0 amide bonds. The fraction of sp³-hybridized carbons (Fsp3) is 0.600. The molecule has 9 heteroatoms. The predicted molar refractivity (Wildman–Crippen MR) is 109 cm³/mol. The molecule has 0 bridgehead atoms. The van der Waals surface area contributed by atoms with Crippen molar-refractivity contribution in [2.24, 2.45) is 5.73 Å². The molecule has 1 aromatic rings. The van der Waals surface area contributed by atoms with Crippen LogP contribution >= 0.6 is 0 Å². The Morgan fingerprint density at radius 3 is 1.86 bits per heavy atom. The van der Waals surface area contributed by atoms with Gasteiger partial charge in [-0.25, -0.2) is 0 Å². The smallest absolute Gasteiger partial charge is 0.324 e. The zero-order valence-electron chi connectivity index (χ0n) is 18.0. The number of carbonyl (C=O) groups is 2. The van der Waals surface area contributed by atoms with Gasteiger partial charge in [-0.1, -0.05) is 12.1 Å². The van der Waals surface area contributed by atoms with Gasteiger partial charge >= 0.3 is 22.1 Å². The maximum atomic E-state index is 12.5. The van der Waals surface area contributed by atoms with E-state index >= 15 is 0 Å². The van der Waals surface area contributed by atoms with Crippen LogP contribution in [0.3, 0.4) is 0 Å². The van der Waals surface area contributed by atoms with E-state index in [1.165, 1.54) is 12.1 Å². The standard InChI is InChI=1S/C20H31NO7S/c1-19(2,3)26-16(22)12-15(17(21)18(23)27-20(4,5)6)13-8-10-14(11-9-13)28-29(7,24)25/h8-11,15,17H,12,21H2,1-7H3. The van der Waals surface area contributed by atoms with E-state index in [1.807, 2.05) is 0 Å². The van der Waals surface area contributed by atoms with Crippen LogP contribution in [-0.2, 0) is 29.2 Å². The van der Waals surface area contributed by atoms with Gasteiger partial charge in [0, 0.05) is 5.92 Å². The van der Waals surface area contributed by atoms with Crippen LogP contribution in [0.5, 0.6) is 5.75 Å². The number of hydrogen-bond acceptors (Lipinski definition) is 8. The lowest BCUT2D eigenvalue weighted by Gasteiger charge is -2.28. The number of benzene rings is 1. The van der Waals surface area contributed by atoms with Gasteiger partial charge in [0.2, 0.25) is 0 Å². The van der Waals surface area contributed by atoms with Gasteiger partial charge < -0.3 is 19.4 Å². The van der Waals surface area contributed by atoms with Gasteiger partial charge in [0.15, 0.2) is 0 Å². The Morgan fingerprint density at radius 2 is 1.45 bits per heavy atom. The number of carbonyl (C=O) groups excluding carboxylic acids is 2. The molecule has 0 aromatic heterocycles. The third-order valence-electron chi connectivity index (χ3n) is 3.47. The SMILES string of the molecule is CC(C)(C)OC(=O)CC(c1ccc(OS(C)(=O)=O)cc1)C(N)C(=O)OC(C)(C)C. The molecule has 8 nitrogen and oxygen atoms in total. The highest BCUT2D eigenvalue weighted by atomic mass is 32.2. The van der Waals surface area contributed by atoms with E-state index in [1.54, 1.807) is 53.7 Å². The molecule has 1 aromatic carbocycles. The van der Waals surface area contributed by atoms with Crippen LogP contribution in [0.4, 0.5) is 0 Å². The van der Waals surface area contributed by atoms with Crippen LogP contribution in [0, 0.1) is 0 Å². The van der Waals surface area contributed by atoms with Crippen molar-refractivity contribution in [2.75, 3.05) is 6.26 Å². The third kappa shape index (κ3) is 9.76. The van der Waals surface area contributed by atoms with Gasteiger partial charge in [0.1, 0.15) is 23.0 Å². The van der Waals surface area contributed by atoms with E-state index in [0.717, 1.165) is 6.26 Å². The van der Waals surface area contributed by atoms with E-state index in [-0.39, 0.29) is 12.2 Å². The highest BCUT2D eigenvalue weighted by molar-refractivity contribution is 7.86. The summed E-state index contributed by atoms with van der Waals surface area (Å²) >= 11 is 0. The Morgan fingerprint density at radius 1 is 0.966 bits per heavy atom. The van der Waals surface area contributed by atoms with E-state index < -0.39 is 45.2 Å². The maximum Gasteiger partial charge on any atom is 0.324 e. The Balaban J connectivity index is 3.15. The van der Waals surface area contributed by atoms with Crippen molar-refractivity contribution in [3.05, 3.63) is 29.8 Å². The van der Waals surface area contributed by atoms with Crippen LogP contribution in [-0.4, -0.2) is 43.9 Å². The molecule has 0 saturated carbocycles. The van der Waals surface area contributed by atoms with Gasteiger partial charge in [-0.15, -0.1) is 0 Å². The van der Waals surface area contributed by atoms with Gasteiger partial charge in [-0.05, 0) is 59.2 Å². The molecular formula is C20H31NO7S. The van der Waals surface area contributed by atoms with Crippen LogP contribution in [0.2, 0.25) is 0 Å². The molecule has 0 fully saturated rings. The second-order valence-electron chi connectivity index (χ2n) is 8.81. The number of hydrogen-bond donors (Lipinski definition) is 1. The lowest BCUT2D eigenvalue weighted by Crippen LogP contribution is -2.42. The van der Waals surface area contributed by atoms with E-state index in [9.17, 15) is 18.0 Å². The first-order valence-electron chi connectivity index (χ1n) is 9.16. The van der Waals surface area contributed by atoms with Crippen molar-refractivity contribution < 1.29 is 31.7 Å². The van der Waals surface area contributed by atoms with Gasteiger partial charge in [0.05, 0.1) is 12.7 Å². The fourth-order valence-electron chi connectivity index (χ4n) is 2.49. The van der Waals surface area contributed by atoms with E-state index in [2.05, 4.69) is 0 Å². The van der Waals surface area contributed by atoms with Crippen molar-refractivity contribution in [1.29, 1.82) is 0 Å². The lowest BCUT2D eigenvalue weighted by atomic mass is 9.88. The number of ether oxygens (including phenoxy) is 2. The Hall–Kier alpha value is -2.13. The topological polar surface area (TPSA) is 122 Å². The molecule has 0 radical (unpaired) electrons. The van der Waals surface area contributed by atoms with E-state index in [4.69, 9.17) is 19.4 Å². The Labute approximate surface area is 172 Å². The van der Waals surface area contributed by atoms with Crippen molar-refractivity contribution >= 4 is 22.1 Å². The molecule has 0 aliphatic heterocycles. The quantitative estimate of drug-likeness (QED) is 0.518. The molecule has 0 aliphatic carbocycles. The summed E-state index contributed by atoms with van der Waals surface area (Å²) < 4.78 is 38.1. The van der Waals surface area contributed by atoms with Gasteiger partial charge in [-0.3, -0.25) is 9.59 Å².